The summed E-state index contributed by atoms with van der Waals surface area (Å²) in [6.07, 6.45) is 3.23. The lowest BCUT2D eigenvalue weighted by Crippen LogP contribution is -2.49. The van der Waals surface area contributed by atoms with Crippen LogP contribution in [0.4, 0.5) is 10.3 Å². The van der Waals surface area contributed by atoms with Crippen molar-refractivity contribution in [3.8, 4) is 22.6 Å². The SMILES string of the molecule is CN(c1nccc(-c2[nH]c(C3OCC(C)(C(=O)N4CCC(O)C4)CO3)nc2-c2ccc(F)cc2)n1)C1CC1. The van der Waals surface area contributed by atoms with Crippen LogP contribution in [0.3, 0.4) is 0 Å². The Morgan fingerprint density at radius 1 is 1.16 bits per heavy atom. The van der Waals surface area contributed by atoms with Gasteiger partial charge in [0.25, 0.3) is 0 Å². The number of hydrogen-bond acceptors (Lipinski definition) is 8. The summed E-state index contributed by atoms with van der Waals surface area (Å²) in [6, 6.07) is 8.36. The molecule has 1 aliphatic carbocycles. The van der Waals surface area contributed by atoms with E-state index in [1.165, 1.54) is 12.1 Å². The first-order valence-corrected chi connectivity index (χ1v) is 12.9. The van der Waals surface area contributed by atoms with Gasteiger partial charge in [0.15, 0.2) is 5.82 Å². The van der Waals surface area contributed by atoms with Gasteiger partial charge < -0.3 is 29.4 Å². The number of H-pyrrole nitrogens is 1. The van der Waals surface area contributed by atoms with Crippen LogP contribution in [0.15, 0.2) is 36.5 Å². The van der Waals surface area contributed by atoms with Gasteiger partial charge in [-0.05, 0) is 56.5 Å². The standard InChI is InChI=1S/C27H31FN6O4/c1-27(25(36)34-12-10-19(35)13-34)14-37-24(38-15-27)23-31-21(16-3-5-17(28)6-4-16)22(32-23)20-9-11-29-26(30-20)33(2)18-7-8-18/h3-6,9,11,18-19,24,35H,7-8,10,12-15H2,1-2H3,(H,31,32). The number of anilines is 1. The summed E-state index contributed by atoms with van der Waals surface area (Å²) in [6.45, 7) is 2.96. The monoisotopic (exact) mass is 522 g/mol. The maximum atomic E-state index is 13.7. The van der Waals surface area contributed by atoms with Gasteiger partial charge in [-0.15, -0.1) is 0 Å². The summed E-state index contributed by atoms with van der Waals surface area (Å²) in [5.74, 6) is 0.626. The molecule has 200 valence electrons. The lowest BCUT2D eigenvalue weighted by Gasteiger charge is -2.37. The maximum Gasteiger partial charge on any atom is 0.233 e. The molecule has 6 rings (SSSR count). The number of ether oxygens (including phenoxy) is 2. The Morgan fingerprint density at radius 2 is 1.89 bits per heavy atom. The highest BCUT2D eigenvalue weighted by molar-refractivity contribution is 5.83. The summed E-state index contributed by atoms with van der Waals surface area (Å²) in [5, 5.41) is 9.83. The van der Waals surface area contributed by atoms with Crippen LogP contribution in [0.25, 0.3) is 22.6 Å². The van der Waals surface area contributed by atoms with E-state index in [0.29, 0.717) is 60.0 Å². The number of amides is 1. The number of hydrogen-bond donors (Lipinski definition) is 2. The van der Waals surface area contributed by atoms with E-state index in [2.05, 4.69) is 14.9 Å². The van der Waals surface area contributed by atoms with Crippen LogP contribution < -0.4 is 4.90 Å². The summed E-state index contributed by atoms with van der Waals surface area (Å²) in [5.41, 5.74) is 1.72. The van der Waals surface area contributed by atoms with Crippen molar-refractivity contribution in [2.45, 2.75) is 44.6 Å². The Hall–Kier alpha value is -3.41. The third-order valence-electron chi connectivity index (χ3n) is 7.45. The quantitative estimate of drug-likeness (QED) is 0.508. The van der Waals surface area contributed by atoms with Crippen molar-refractivity contribution in [2.24, 2.45) is 5.41 Å². The van der Waals surface area contributed by atoms with E-state index < -0.39 is 17.8 Å². The Morgan fingerprint density at radius 3 is 2.55 bits per heavy atom. The number of aromatic amines is 1. The number of β-amino-alcohol motifs (C(OH)–C–C–N with tert-alkyl or cyclic N) is 1. The molecule has 1 atom stereocenters. The Bertz CT molecular complexity index is 1320. The van der Waals surface area contributed by atoms with Gasteiger partial charge in [0, 0.05) is 37.9 Å². The minimum absolute atomic E-state index is 0.0899. The molecule has 0 spiro atoms. The molecule has 2 aromatic heterocycles. The molecule has 10 nitrogen and oxygen atoms in total. The number of nitrogens with zero attached hydrogens (tertiary/aromatic N) is 5. The van der Waals surface area contributed by atoms with E-state index in [1.54, 1.807) is 29.3 Å². The van der Waals surface area contributed by atoms with Gasteiger partial charge in [0.1, 0.15) is 5.82 Å². The zero-order valence-electron chi connectivity index (χ0n) is 21.4. The highest BCUT2D eigenvalue weighted by atomic mass is 19.1. The molecule has 38 heavy (non-hydrogen) atoms. The number of likely N-dealkylation sites (tertiary alicyclic amines) is 1. The molecule has 2 N–H and O–H groups in total. The fraction of sp³-hybridized carbons (Fsp3) is 0.481. The highest BCUT2D eigenvalue weighted by Crippen LogP contribution is 2.37. The number of carbonyl (C=O) groups excluding carboxylic acids is 1. The average Bonchev–Trinajstić information content (AvgIpc) is 3.54. The first-order valence-electron chi connectivity index (χ1n) is 12.9. The molecule has 3 aliphatic rings. The van der Waals surface area contributed by atoms with Crippen LogP contribution in [0.5, 0.6) is 0 Å². The number of imidazole rings is 1. The van der Waals surface area contributed by atoms with Gasteiger partial charge in [-0.3, -0.25) is 4.79 Å². The van der Waals surface area contributed by atoms with Crippen LogP contribution in [-0.4, -0.2) is 81.3 Å². The Balaban J connectivity index is 1.28. The van der Waals surface area contributed by atoms with E-state index in [4.69, 9.17) is 19.4 Å². The van der Waals surface area contributed by atoms with Crippen molar-refractivity contribution >= 4 is 11.9 Å². The third-order valence-corrected chi connectivity index (χ3v) is 7.45. The molecule has 0 bridgehead atoms. The molecule has 1 aromatic carbocycles. The van der Waals surface area contributed by atoms with Crippen molar-refractivity contribution in [1.82, 2.24) is 24.8 Å². The average molecular weight is 523 g/mol. The van der Waals surface area contributed by atoms with Crippen LogP contribution in [0.2, 0.25) is 0 Å². The molecule has 1 unspecified atom stereocenters. The molecule has 3 aromatic rings. The van der Waals surface area contributed by atoms with E-state index >= 15 is 0 Å². The summed E-state index contributed by atoms with van der Waals surface area (Å²) in [7, 11) is 1.99. The predicted octanol–water partition coefficient (Wildman–Crippen LogP) is 2.92. The van der Waals surface area contributed by atoms with Crippen molar-refractivity contribution in [2.75, 3.05) is 38.3 Å². The lowest BCUT2D eigenvalue weighted by atomic mass is 9.90. The van der Waals surface area contributed by atoms with Gasteiger partial charge in [-0.1, -0.05) is 0 Å². The number of aromatic nitrogens is 4. The van der Waals surface area contributed by atoms with Crippen molar-refractivity contribution in [1.29, 1.82) is 0 Å². The van der Waals surface area contributed by atoms with Gasteiger partial charge in [0.2, 0.25) is 18.1 Å². The highest BCUT2D eigenvalue weighted by Gasteiger charge is 2.44. The molecular formula is C27H31FN6O4. The zero-order chi connectivity index (χ0) is 26.4. The number of halogens is 1. The minimum atomic E-state index is -0.856. The number of carbonyl (C=O) groups is 1. The van der Waals surface area contributed by atoms with Crippen molar-refractivity contribution < 1.29 is 23.8 Å². The Kier molecular flexibility index (Phi) is 6.37. The van der Waals surface area contributed by atoms with Gasteiger partial charge in [-0.25, -0.2) is 19.3 Å². The predicted molar refractivity (Wildman–Crippen MR) is 136 cm³/mol. The van der Waals surface area contributed by atoms with E-state index in [0.717, 1.165) is 12.8 Å². The topological polar surface area (TPSA) is 117 Å². The smallest absolute Gasteiger partial charge is 0.233 e. The van der Waals surface area contributed by atoms with Crippen molar-refractivity contribution in [3.63, 3.8) is 0 Å². The Labute approximate surface area is 219 Å². The molecular weight excluding hydrogens is 491 g/mol. The molecule has 2 aliphatic heterocycles. The second kappa shape index (κ2) is 9.72. The largest absolute Gasteiger partial charge is 0.391 e. The lowest BCUT2D eigenvalue weighted by molar-refractivity contribution is -0.234. The second-order valence-electron chi connectivity index (χ2n) is 10.6. The normalized spacial score (nSPS) is 25.5. The van der Waals surface area contributed by atoms with Gasteiger partial charge in [-0.2, -0.15) is 0 Å². The first kappa shape index (κ1) is 24.9. The number of aliphatic hydroxyl groups excluding tert-OH is 1. The number of rotatable bonds is 6. The fourth-order valence-electron chi connectivity index (χ4n) is 4.99. The van der Waals surface area contributed by atoms with Crippen LogP contribution >= 0.6 is 0 Å². The molecule has 0 radical (unpaired) electrons. The number of benzene rings is 1. The second-order valence-corrected chi connectivity index (χ2v) is 10.6. The first-order chi connectivity index (χ1) is 18.3. The van der Waals surface area contributed by atoms with Crippen molar-refractivity contribution in [3.05, 3.63) is 48.2 Å². The molecule has 3 fully saturated rings. The molecule has 1 saturated carbocycles. The summed E-state index contributed by atoms with van der Waals surface area (Å²) in [4.78, 5) is 34.1. The molecule has 2 saturated heterocycles. The number of nitrogens with one attached hydrogen (secondary N) is 1. The van der Waals surface area contributed by atoms with E-state index in [-0.39, 0.29) is 24.9 Å². The number of aliphatic hydroxyl groups is 1. The van der Waals surface area contributed by atoms with Crippen LogP contribution in [0, 0.1) is 11.2 Å². The molecule has 1 amide bonds. The summed E-state index contributed by atoms with van der Waals surface area (Å²) < 4.78 is 25.7. The van der Waals surface area contributed by atoms with Crippen LogP contribution in [-0.2, 0) is 14.3 Å². The third kappa shape index (κ3) is 4.77. The van der Waals surface area contributed by atoms with E-state index in [9.17, 15) is 14.3 Å². The summed E-state index contributed by atoms with van der Waals surface area (Å²) >= 11 is 0. The molecule has 11 heteroatoms. The molecule has 4 heterocycles. The van der Waals surface area contributed by atoms with Gasteiger partial charge in [0.05, 0.1) is 41.8 Å². The fourth-order valence-corrected chi connectivity index (χ4v) is 4.99. The zero-order valence-corrected chi connectivity index (χ0v) is 21.4. The van der Waals surface area contributed by atoms with Gasteiger partial charge >= 0.3 is 0 Å². The maximum absolute atomic E-state index is 13.7. The minimum Gasteiger partial charge on any atom is -0.391 e. The van der Waals surface area contributed by atoms with E-state index in [1.807, 2.05) is 14.0 Å². The van der Waals surface area contributed by atoms with Crippen LogP contribution in [0.1, 0.15) is 38.3 Å².